The lowest BCUT2D eigenvalue weighted by Crippen LogP contribution is -2.31. The molecule has 2 rings (SSSR count). The molecule has 0 bridgehead atoms. The number of aromatic amines is 1. The molecule has 1 aromatic heterocycles. The Balaban J connectivity index is 2.07. The second kappa shape index (κ2) is 6.53. The third-order valence-electron chi connectivity index (χ3n) is 3.18. The maximum atomic E-state index is 11.9. The topological polar surface area (TPSA) is 99.6 Å². The highest BCUT2D eigenvalue weighted by Gasteiger charge is 2.27. The van der Waals surface area contributed by atoms with Crippen molar-refractivity contribution in [2.75, 3.05) is 14.2 Å². The smallest absolute Gasteiger partial charge is 0.351 e. The van der Waals surface area contributed by atoms with E-state index in [0.29, 0.717) is 12.8 Å². The number of nitrogens with one attached hydrogen (secondary N) is 1. The molecular weight excluding hydrogens is 299 g/mol. The summed E-state index contributed by atoms with van der Waals surface area (Å²) in [6.07, 6.45) is 3.49. The van der Waals surface area contributed by atoms with Gasteiger partial charge in [0.05, 0.1) is 6.10 Å². The first-order chi connectivity index (χ1) is 9.97. The van der Waals surface area contributed by atoms with Crippen LogP contribution in [0, 0.1) is 0 Å². The summed E-state index contributed by atoms with van der Waals surface area (Å²) in [7, 11) is -0.621. The summed E-state index contributed by atoms with van der Waals surface area (Å²) in [5.74, 6) is 1.34. The zero-order chi connectivity index (χ0) is 15.5. The van der Waals surface area contributed by atoms with Gasteiger partial charge in [-0.2, -0.15) is 0 Å². The highest BCUT2D eigenvalue weighted by atomic mass is 31.2. The largest absolute Gasteiger partial charge is 0.353 e. The molecule has 2 unspecified atom stereocenters. The number of hydrogen-bond donors (Lipinski definition) is 1. The summed E-state index contributed by atoms with van der Waals surface area (Å²) in [4.78, 5) is 24.9. The van der Waals surface area contributed by atoms with Crippen LogP contribution >= 0.6 is 7.60 Å². The first-order valence-electron chi connectivity index (χ1n) is 6.35. The van der Waals surface area contributed by atoms with Crippen molar-refractivity contribution >= 4 is 7.60 Å². The summed E-state index contributed by atoms with van der Waals surface area (Å²) in [6, 6.07) is 1.26. The van der Waals surface area contributed by atoms with Crippen LogP contribution in [-0.2, 0) is 18.3 Å². The van der Waals surface area contributed by atoms with Crippen LogP contribution in [0.5, 0.6) is 0 Å². The predicted molar refractivity (Wildman–Crippen MR) is 75.2 cm³/mol. The maximum absolute atomic E-state index is 11.9. The zero-order valence-corrected chi connectivity index (χ0v) is 12.6. The van der Waals surface area contributed by atoms with Crippen molar-refractivity contribution in [1.29, 1.82) is 0 Å². The van der Waals surface area contributed by atoms with Crippen molar-refractivity contribution in [1.82, 2.24) is 9.55 Å². The Morgan fingerprint density at radius 1 is 1.38 bits per heavy atom. The van der Waals surface area contributed by atoms with Gasteiger partial charge in [0.25, 0.3) is 5.56 Å². The molecular formula is C12H17N2O6P. The summed E-state index contributed by atoms with van der Waals surface area (Å²) >= 11 is 0. The van der Waals surface area contributed by atoms with E-state index in [1.54, 1.807) is 6.08 Å². The average Bonchev–Trinajstić information content (AvgIpc) is 2.93. The Bertz CT molecular complexity index is 671. The fourth-order valence-corrected chi connectivity index (χ4v) is 2.84. The van der Waals surface area contributed by atoms with E-state index in [0.717, 1.165) is 0 Å². The van der Waals surface area contributed by atoms with Gasteiger partial charge >= 0.3 is 13.3 Å². The van der Waals surface area contributed by atoms with Crippen molar-refractivity contribution in [3.8, 4) is 0 Å². The average molecular weight is 316 g/mol. The SMILES string of the molecule is COP(=O)(/C=C/C1CCC(n2ccc(=O)[nH]c2=O)O1)OC. The standard InChI is InChI=1S/C12H17N2O6P/c1-18-21(17,19-2)8-6-9-3-4-11(20-9)14-7-5-10(15)13-12(14)16/h5-9,11H,3-4H2,1-2H3,(H,13,15,16)/b8-6+. The van der Waals surface area contributed by atoms with E-state index >= 15 is 0 Å². The molecule has 1 aromatic rings. The van der Waals surface area contributed by atoms with Gasteiger partial charge in [0.1, 0.15) is 6.23 Å². The van der Waals surface area contributed by atoms with Crippen molar-refractivity contribution in [3.63, 3.8) is 0 Å². The highest BCUT2D eigenvalue weighted by molar-refractivity contribution is 7.57. The molecule has 9 heteroatoms. The van der Waals surface area contributed by atoms with Crippen LogP contribution in [0.25, 0.3) is 0 Å². The Hall–Kier alpha value is -1.47. The molecule has 2 atom stereocenters. The Kier molecular flexibility index (Phi) is 4.95. The van der Waals surface area contributed by atoms with Crippen LogP contribution in [0.4, 0.5) is 0 Å². The van der Waals surface area contributed by atoms with Gasteiger partial charge in [0, 0.05) is 32.3 Å². The van der Waals surface area contributed by atoms with Crippen molar-refractivity contribution < 1.29 is 18.3 Å². The van der Waals surface area contributed by atoms with Crippen LogP contribution in [0.15, 0.2) is 33.7 Å². The fraction of sp³-hybridized carbons (Fsp3) is 0.500. The van der Waals surface area contributed by atoms with Gasteiger partial charge in [-0.3, -0.25) is 18.9 Å². The van der Waals surface area contributed by atoms with Crippen molar-refractivity contribution in [3.05, 3.63) is 45.0 Å². The minimum Gasteiger partial charge on any atom is -0.351 e. The van der Waals surface area contributed by atoms with Crippen LogP contribution < -0.4 is 11.2 Å². The molecule has 0 radical (unpaired) electrons. The van der Waals surface area contributed by atoms with E-state index in [4.69, 9.17) is 13.8 Å². The van der Waals surface area contributed by atoms with Crippen LogP contribution in [0.3, 0.4) is 0 Å². The molecule has 1 aliphatic heterocycles. The molecule has 1 saturated heterocycles. The van der Waals surface area contributed by atoms with Crippen LogP contribution in [0.1, 0.15) is 19.1 Å². The molecule has 0 aliphatic carbocycles. The van der Waals surface area contributed by atoms with Crippen LogP contribution in [0.2, 0.25) is 0 Å². The van der Waals surface area contributed by atoms with Crippen molar-refractivity contribution in [2.45, 2.75) is 25.2 Å². The minimum atomic E-state index is -3.22. The third kappa shape index (κ3) is 3.79. The van der Waals surface area contributed by atoms with E-state index in [-0.39, 0.29) is 6.10 Å². The molecule has 8 nitrogen and oxygen atoms in total. The molecule has 1 N–H and O–H groups in total. The second-order valence-electron chi connectivity index (χ2n) is 4.47. The summed E-state index contributed by atoms with van der Waals surface area (Å²) in [5, 5.41) is 0. The molecule has 0 saturated carbocycles. The monoisotopic (exact) mass is 316 g/mol. The van der Waals surface area contributed by atoms with Gasteiger partial charge in [-0.1, -0.05) is 0 Å². The molecule has 1 aliphatic rings. The second-order valence-corrected chi connectivity index (χ2v) is 6.58. The number of ether oxygens (including phenoxy) is 1. The number of aromatic nitrogens is 2. The third-order valence-corrected chi connectivity index (χ3v) is 4.74. The number of hydrogen-bond acceptors (Lipinski definition) is 6. The maximum Gasteiger partial charge on any atom is 0.353 e. The predicted octanol–water partition coefficient (Wildman–Crippen LogP) is 1.21. The lowest BCUT2D eigenvalue weighted by molar-refractivity contribution is 0.0203. The zero-order valence-electron chi connectivity index (χ0n) is 11.7. The molecule has 116 valence electrons. The number of H-pyrrole nitrogens is 1. The van der Waals surface area contributed by atoms with E-state index < -0.39 is 25.1 Å². The quantitative estimate of drug-likeness (QED) is 0.820. The summed E-state index contributed by atoms with van der Waals surface area (Å²) in [5.41, 5.74) is -0.969. The van der Waals surface area contributed by atoms with Gasteiger partial charge in [0.2, 0.25) is 0 Å². The lowest BCUT2D eigenvalue weighted by Gasteiger charge is -2.14. The van der Waals surface area contributed by atoms with E-state index in [9.17, 15) is 14.2 Å². The van der Waals surface area contributed by atoms with Crippen LogP contribution in [-0.4, -0.2) is 29.9 Å². The number of nitrogens with zero attached hydrogens (tertiary/aromatic N) is 1. The lowest BCUT2D eigenvalue weighted by atomic mass is 10.2. The normalized spacial score (nSPS) is 23.0. The fourth-order valence-electron chi connectivity index (χ4n) is 2.04. The minimum absolute atomic E-state index is 0.299. The van der Waals surface area contributed by atoms with Gasteiger partial charge < -0.3 is 13.8 Å². The summed E-state index contributed by atoms with van der Waals surface area (Å²) in [6.45, 7) is 0. The Morgan fingerprint density at radius 2 is 2.10 bits per heavy atom. The number of rotatable bonds is 5. The van der Waals surface area contributed by atoms with Gasteiger partial charge in [-0.25, -0.2) is 4.79 Å². The molecule has 2 heterocycles. The van der Waals surface area contributed by atoms with E-state index in [2.05, 4.69) is 4.98 Å². The summed E-state index contributed by atoms with van der Waals surface area (Å²) < 4.78 is 28.4. The molecule has 0 amide bonds. The van der Waals surface area contributed by atoms with Gasteiger partial charge in [0.15, 0.2) is 0 Å². The molecule has 21 heavy (non-hydrogen) atoms. The Morgan fingerprint density at radius 3 is 2.71 bits per heavy atom. The first-order valence-corrected chi connectivity index (χ1v) is 7.96. The molecule has 0 aromatic carbocycles. The highest BCUT2D eigenvalue weighted by Crippen LogP contribution is 2.48. The molecule has 1 fully saturated rings. The molecule has 0 spiro atoms. The van der Waals surface area contributed by atoms with Gasteiger partial charge in [-0.15, -0.1) is 0 Å². The Labute approximate surface area is 120 Å². The van der Waals surface area contributed by atoms with E-state index in [1.165, 1.54) is 36.9 Å². The van der Waals surface area contributed by atoms with Gasteiger partial charge in [-0.05, 0) is 18.9 Å². The van der Waals surface area contributed by atoms with Crippen molar-refractivity contribution in [2.24, 2.45) is 0 Å². The first kappa shape index (κ1) is 15.9. The van der Waals surface area contributed by atoms with E-state index in [1.807, 2.05) is 0 Å².